The fourth-order valence-electron chi connectivity index (χ4n) is 4.91. The van der Waals surface area contributed by atoms with Gasteiger partial charge in [-0.15, -0.1) is 0 Å². The summed E-state index contributed by atoms with van der Waals surface area (Å²) in [5.41, 5.74) is 4.40. The van der Waals surface area contributed by atoms with Crippen molar-refractivity contribution in [3.63, 3.8) is 0 Å². The maximum atomic E-state index is 13.2. The van der Waals surface area contributed by atoms with E-state index >= 15 is 0 Å². The lowest BCUT2D eigenvalue weighted by Gasteiger charge is -2.31. The number of fused-ring (bicyclic) bond motifs is 2. The first-order valence-electron chi connectivity index (χ1n) is 11.5. The average molecular weight is 435 g/mol. The van der Waals surface area contributed by atoms with E-state index in [2.05, 4.69) is 21.0 Å². The third-order valence-corrected chi connectivity index (χ3v) is 6.74. The van der Waals surface area contributed by atoms with Crippen LogP contribution in [0.25, 0.3) is 5.65 Å². The minimum Gasteiger partial charge on any atom is -0.337 e. The predicted octanol–water partition coefficient (Wildman–Crippen LogP) is 2.34. The smallest absolute Gasteiger partial charge is 0.277 e. The molecule has 0 aromatic carbocycles. The van der Waals surface area contributed by atoms with E-state index in [1.807, 2.05) is 32.2 Å². The van der Waals surface area contributed by atoms with Crippen LogP contribution in [0, 0.1) is 5.92 Å². The van der Waals surface area contributed by atoms with Gasteiger partial charge in [0.25, 0.3) is 5.56 Å². The van der Waals surface area contributed by atoms with Crippen molar-refractivity contribution < 1.29 is 4.79 Å². The van der Waals surface area contributed by atoms with Gasteiger partial charge in [0.05, 0.1) is 17.8 Å². The molecule has 5 rings (SSSR count). The number of aromatic amines is 1. The van der Waals surface area contributed by atoms with Crippen molar-refractivity contribution >= 4 is 11.6 Å². The largest absolute Gasteiger partial charge is 0.337 e. The third kappa shape index (κ3) is 3.95. The van der Waals surface area contributed by atoms with Crippen LogP contribution < -0.4 is 5.56 Å². The van der Waals surface area contributed by atoms with Gasteiger partial charge in [-0.25, -0.2) is 9.50 Å². The second-order valence-corrected chi connectivity index (χ2v) is 9.32. The molecule has 8 heteroatoms. The van der Waals surface area contributed by atoms with E-state index in [0.29, 0.717) is 36.6 Å². The number of aromatic nitrogens is 4. The van der Waals surface area contributed by atoms with Crippen LogP contribution in [0.3, 0.4) is 0 Å². The number of amides is 1. The van der Waals surface area contributed by atoms with Crippen molar-refractivity contribution in [2.75, 3.05) is 19.6 Å². The minimum atomic E-state index is -0.0773. The van der Waals surface area contributed by atoms with Crippen molar-refractivity contribution in [2.45, 2.75) is 52.1 Å². The topological polar surface area (TPSA) is 86.6 Å². The minimum absolute atomic E-state index is 0.0721. The van der Waals surface area contributed by atoms with E-state index in [1.54, 1.807) is 15.6 Å². The zero-order chi connectivity index (χ0) is 22.2. The Morgan fingerprint density at radius 2 is 2.06 bits per heavy atom. The van der Waals surface area contributed by atoms with E-state index < -0.39 is 0 Å². The first-order valence-corrected chi connectivity index (χ1v) is 11.5. The fourth-order valence-corrected chi connectivity index (χ4v) is 4.91. The van der Waals surface area contributed by atoms with Crippen molar-refractivity contribution in [2.24, 2.45) is 5.92 Å². The standard InChI is InChI=1S/C24H30N6O2/c1-16(2)23(31)29-11-7-20-19(15-29)24(32)30-22(26-20)12-21(27-30)18-5-9-28(10-6-18)14-17-4-3-8-25-13-17/h3-4,8,12-13,16,18,27H,5-7,9-11,14-15H2,1-2H3. The number of nitrogens with one attached hydrogen (secondary N) is 1. The van der Waals surface area contributed by atoms with Crippen LogP contribution in [-0.4, -0.2) is 54.9 Å². The van der Waals surface area contributed by atoms with Crippen LogP contribution in [0.2, 0.25) is 0 Å². The Morgan fingerprint density at radius 3 is 2.78 bits per heavy atom. The number of rotatable bonds is 4. The summed E-state index contributed by atoms with van der Waals surface area (Å²) in [6.45, 7) is 7.71. The lowest BCUT2D eigenvalue weighted by atomic mass is 9.93. The highest BCUT2D eigenvalue weighted by Gasteiger charge is 2.28. The molecule has 0 spiro atoms. The van der Waals surface area contributed by atoms with Crippen molar-refractivity contribution in [3.05, 3.63) is 63.5 Å². The number of carbonyl (C=O) groups excluding carboxylic acids is 1. The normalized spacial score (nSPS) is 17.8. The van der Waals surface area contributed by atoms with Gasteiger partial charge in [-0.3, -0.25) is 24.6 Å². The molecule has 0 bridgehead atoms. The highest BCUT2D eigenvalue weighted by atomic mass is 16.2. The number of likely N-dealkylation sites (tertiary alicyclic amines) is 1. The molecular weight excluding hydrogens is 404 g/mol. The van der Waals surface area contributed by atoms with Crippen LogP contribution in [0.5, 0.6) is 0 Å². The van der Waals surface area contributed by atoms with Gasteiger partial charge in [0, 0.05) is 55.5 Å². The van der Waals surface area contributed by atoms with Gasteiger partial charge in [0.2, 0.25) is 5.91 Å². The van der Waals surface area contributed by atoms with E-state index in [0.717, 1.165) is 43.9 Å². The molecular formula is C24H30N6O2. The summed E-state index contributed by atoms with van der Waals surface area (Å²) in [4.78, 5) is 38.8. The number of H-pyrrole nitrogens is 1. The summed E-state index contributed by atoms with van der Waals surface area (Å²) in [6, 6.07) is 6.14. The van der Waals surface area contributed by atoms with Gasteiger partial charge in [0.1, 0.15) is 0 Å². The van der Waals surface area contributed by atoms with E-state index in [1.165, 1.54) is 5.56 Å². The van der Waals surface area contributed by atoms with Gasteiger partial charge >= 0.3 is 0 Å². The van der Waals surface area contributed by atoms with E-state index in [9.17, 15) is 9.59 Å². The summed E-state index contributed by atoms with van der Waals surface area (Å²) in [5, 5.41) is 3.32. The lowest BCUT2D eigenvalue weighted by Crippen LogP contribution is -2.41. The summed E-state index contributed by atoms with van der Waals surface area (Å²) < 4.78 is 1.57. The second kappa shape index (κ2) is 8.50. The van der Waals surface area contributed by atoms with E-state index in [-0.39, 0.29) is 17.4 Å². The summed E-state index contributed by atoms with van der Waals surface area (Å²) >= 11 is 0. The molecule has 2 aliphatic heterocycles. The fraction of sp³-hybridized carbons (Fsp3) is 0.500. The van der Waals surface area contributed by atoms with Crippen LogP contribution >= 0.6 is 0 Å². The molecule has 0 aliphatic carbocycles. The van der Waals surface area contributed by atoms with Crippen molar-refractivity contribution in [1.82, 2.24) is 29.4 Å². The highest BCUT2D eigenvalue weighted by molar-refractivity contribution is 5.78. The third-order valence-electron chi connectivity index (χ3n) is 6.74. The van der Waals surface area contributed by atoms with Gasteiger partial charge in [-0.05, 0) is 37.6 Å². The van der Waals surface area contributed by atoms with Crippen LogP contribution in [-0.2, 0) is 24.3 Å². The molecule has 1 saturated heterocycles. The van der Waals surface area contributed by atoms with Crippen LogP contribution in [0.4, 0.5) is 0 Å². The lowest BCUT2D eigenvalue weighted by molar-refractivity contribution is -0.135. The SMILES string of the molecule is CC(C)C(=O)N1CCc2nc3cc(C4CCN(Cc5cccnc5)CC4)[nH]n3c(=O)c2C1. The first kappa shape index (κ1) is 20.9. The van der Waals surface area contributed by atoms with Crippen LogP contribution in [0.15, 0.2) is 35.4 Å². The number of hydrogen-bond donors (Lipinski definition) is 1. The molecule has 1 fully saturated rings. The van der Waals surface area contributed by atoms with Crippen LogP contribution in [0.1, 0.15) is 55.1 Å². The Hall–Kier alpha value is -3.00. The Labute approximate surface area is 187 Å². The molecule has 2 aliphatic rings. The summed E-state index contributed by atoms with van der Waals surface area (Å²) in [5.74, 6) is 0.403. The number of pyridine rings is 1. The molecule has 1 amide bonds. The molecule has 32 heavy (non-hydrogen) atoms. The summed E-state index contributed by atoms with van der Waals surface area (Å²) in [6.07, 6.45) is 6.45. The molecule has 3 aromatic heterocycles. The van der Waals surface area contributed by atoms with Gasteiger partial charge < -0.3 is 4.90 Å². The van der Waals surface area contributed by atoms with Crippen molar-refractivity contribution in [3.8, 4) is 0 Å². The molecule has 168 valence electrons. The average Bonchev–Trinajstić information content (AvgIpc) is 3.24. The zero-order valence-corrected chi connectivity index (χ0v) is 18.8. The molecule has 0 unspecified atom stereocenters. The molecule has 1 N–H and O–H groups in total. The first-order chi connectivity index (χ1) is 15.5. The second-order valence-electron chi connectivity index (χ2n) is 9.32. The quantitative estimate of drug-likeness (QED) is 0.681. The maximum Gasteiger partial charge on any atom is 0.277 e. The number of piperidine rings is 1. The number of hydrogen-bond acceptors (Lipinski definition) is 5. The molecule has 0 radical (unpaired) electrons. The van der Waals surface area contributed by atoms with Crippen molar-refractivity contribution in [1.29, 1.82) is 0 Å². The Morgan fingerprint density at radius 1 is 1.25 bits per heavy atom. The zero-order valence-electron chi connectivity index (χ0n) is 18.8. The monoisotopic (exact) mass is 434 g/mol. The van der Waals surface area contributed by atoms with Gasteiger partial charge in [-0.1, -0.05) is 19.9 Å². The molecule has 5 heterocycles. The molecule has 0 atom stereocenters. The predicted molar refractivity (Wildman–Crippen MR) is 121 cm³/mol. The highest BCUT2D eigenvalue weighted by Crippen LogP contribution is 2.28. The Kier molecular flexibility index (Phi) is 5.55. The maximum absolute atomic E-state index is 13.2. The number of carbonyl (C=O) groups is 1. The Bertz CT molecular complexity index is 1170. The van der Waals surface area contributed by atoms with Gasteiger partial charge in [-0.2, -0.15) is 0 Å². The summed E-state index contributed by atoms with van der Waals surface area (Å²) in [7, 11) is 0. The molecule has 3 aromatic rings. The Balaban J connectivity index is 1.32. The number of nitrogens with zero attached hydrogens (tertiary/aromatic N) is 5. The molecule has 0 saturated carbocycles. The molecule has 8 nitrogen and oxygen atoms in total. The van der Waals surface area contributed by atoms with Gasteiger partial charge in [0.15, 0.2) is 5.65 Å². The van der Waals surface area contributed by atoms with E-state index in [4.69, 9.17) is 4.98 Å².